The molecule has 2 rings (SSSR count). The van der Waals surface area contributed by atoms with Crippen LogP contribution in [0.2, 0.25) is 0 Å². The molecule has 1 fully saturated rings. The number of hydrogen-bond acceptors (Lipinski definition) is 2. The van der Waals surface area contributed by atoms with Crippen LogP contribution in [-0.4, -0.2) is 12.4 Å². The highest BCUT2D eigenvalue weighted by Gasteiger charge is 2.30. The third kappa shape index (κ3) is 3.56. The molecule has 1 aliphatic rings. The van der Waals surface area contributed by atoms with Gasteiger partial charge in [0.15, 0.2) is 5.78 Å². The lowest BCUT2D eigenvalue weighted by atomic mass is 9.74. The Balaban J connectivity index is 2.08. The van der Waals surface area contributed by atoms with Crippen molar-refractivity contribution in [2.75, 3.05) is 0 Å². The van der Waals surface area contributed by atoms with Crippen molar-refractivity contribution < 1.29 is 18.3 Å². The van der Waals surface area contributed by atoms with Crippen molar-refractivity contribution in [2.45, 2.75) is 45.6 Å². The number of hydrogen-bond donors (Lipinski definition) is 0. The second-order valence-corrected chi connectivity index (χ2v) is 5.33. The number of halogens is 2. The average Bonchev–Trinajstić information content (AvgIpc) is 2.46. The molecule has 2 nitrogen and oxygen atoms in total. The molecule has 0 bridgehead atoms. The van der Waals surface area contributed by atoms with Crippen LogP contribution in [0.5, 0.6) is 5.75 Å². The number of benzene rings is 1. The zero-order chi connectivity index (χ0) is 14.5. The molecule has 1 aromatic rings. The fourth-order valence-electron chi connectivity index (χ4n) is 3.06. The zero-order valence-electron chi connectivity index (χ0n) is 11.6. The van der Waals surface area contributed by atoms with E-state index in [4.69, 9.17) is 0 Å². The summed E-state index contributed by atoms with van der Waals surface area (Å²) >= 11 is 0. The molecular weight excluding hydrogens is 262 g/mol. The van der Waals surface area contributed by atoms with Gasteiger partial charge in [0.25, 0.3) is 0 Å². The summed E-state index contributed by atoms with van der Waals surface area (Å²) in [7, 11) is 0. The summed E-state index contributed by atoms with van der Waals surface area (Å²) in [6, 6.07) is 6.04. The molecule has 0 N–H and O–H groups in total. The van der Waals surface area contributed by atoms with Crippen LogP contribution in [-0.2, 0) is 0 Å². The van der Waals surface area contributed by atoms with Crippen LogP contribution in [0.25, 0.3) is 0 Å². The van der Waals surface area contributed by atoms with Crippen molar-refractivity contribution in [1.82, 2.24) is 0 Å². The normalized spacial score (nSPS) is 22.8. The second-order valence-electron chi connectivity index (χ2n) is 5.33. The summed E-state index contributed by atoms with van der Waals surface area (Å²) in [4.78, 5) is 12.5. The summed E-state index contributed by atoms with van der Waals surface area (Å²) in [6.45, 7) is -0.713. The third-order valence-electron chi connectivity index (χ3n) is 4.13. The Morgan fingerprint density at radius 2 is 1.90 bits per heavy atom. The molecule has 2 unspecified atom stereocenters. The Hall–Kier alpha value is -1.45. The van der Waals surface area contributed by atoms with Crippen LogP contribution in [0.15, 0.2) is 24.3 Å². The van der Waals surface area contributed by atoms with Crippen molar-refractivity contribution in [2.24, 2.45) is 11.8 Å². The van der Waals surface area contributed by atoms with Gasteiger partial charge in [-0.25, -0.2) is 0 Å². The lowest BCUT2D eigenvalue weighted by Gasteiger charge is -2.29. The summed E-state index contributed by atoms with van der Waals surface area (Å²) in [5, 5.41) is 0. The van der Waals surface area contributed by atoms with Gasteiger partial charge in [-0.1, -0.05) is 26.2 Å². The van der Waals surface area contributed by atoms with Crippen molar-refractivity contribution in [1.29, 1.82) is 0 Å². The van der Waals surface area contributed by atoms with Crippen LogP contribution in [0.4, 0.5) is 8.78 Å². The van der Waals surface area contributed by atoms with Crippen molar-refractivity contribution in [3.8, 4) is 5.75 Å². The fraction of sp³-hybridized carbons (Fsp3) is 0.562. The van der Waals surface area contributed by atoms with Crippen molar-refractivity contribution >= 4 is 5.78 Å². The Morgan fingerprint density at radius 3 is 2.50 bits per heavy atom. The predicted molar refractivity (Wildman–Crippen MR) is 73.1 cm³/mol. The molecule has 1 aromatic carbocycles. The first kappa shape index (κ1) is 14.9. The summed E-state index contributed by atoms with van der Waals surface area (Å²) < 4.78 is 28.4. The summed E-state index contributed by atoms with van der Waals surface area (Å²) in [6.07, 6.45) is 5.36. The SMILES string of the molecule is CCC1CCCCC1C(=O)c1ccc(OC(F)F)cc1. The fourth-order valence-corrected chi connectivity index (χ4v) is 3.06. The van der Waals surface area contributed by atoms with E-state index in [0.717, 1.165) is 25.7 Å². The van der Waals surface area contributed by atoms with Crippen molar-refractivity contribution in [3.63, 3.8) is 0 Å². The quantitative estimate of drug-likeness (QED) is 0.732. The highest BCUT2D eigenvalue weighted by Crippen LogP contribution is 2.34. The molecule has 0 radical (unpaired) electrons. The van der Waals surface area contributed by atoms with E-state index >= 15 is 0 Å². The van der Waals surface area contributed by atoms with E-state index in [9.17, 15) is 13.6 Å². The van der Waals surface area contributed by atoms with E-state index < -0.39 is 6.61 Å². The Labute approximate surface area is 118 Å². The first-order valence-corrected chi connectivity index (χ1v) is 7.21. The maximum atomic E-state index is 12.5. The van der Waals surface area contributed by atoms with Gasteiger partial charge in [-0.15, -0.1) is 0 Å². The Kier molecular flexibility index (Phi) is 5.10. The standard InChI is InChI=1S/C16H20F2O2/c1-2-11-5-3-4-6-14(11)15(19)12-7-9-13(10-8-12)20-16(17)18/h7-11,14,16H,2-6H2,1H3. The molecule has 20 heavy (non-hydrogen) atoms. The van der Waals surface area contributed by atoms with E-state index in [1.54, 1.807) is 12.1 Å². The molecule has 110 valence electrons. The van der Waals surface area contributed by atoms with E-state index in [2.05, 4.69) is 11.7 Å². The van der Waals surface area contributed by atoms with Gasteiger partial charge in [-0.3, -0.25) is 4.79 Å². The topological polar surface area (TPSA) is 26.3 Å². The van der Waals surface area contributed by atoms with Gasteiger partial charge in [-0.2, -0.15) is 8.78 Å². The summed E-state index contributed by atoms with van der Waals surface area (Å²) in [5.74, 6) is 0.760. The van der Waals surface area contributed by atoms with Gasteiger partial charge < -0.3 is 4.74 Å². The second kappa shape index (κ2) is 6.82. The van der Waals surface area contributed by atoms with E-state index in [1.807, 2.05) is 0 Å². The van der Waals surface area contributed by atoms with Gasteiger partial charge in [0.05, 0.1) is 0 Å². The molecular formula is C16H20F2O2. The van der Waals surface area contributed by atoms with Crippen LogP contribution in [0.1, 0.15) is 49.4 Å². The molecule has 0 amide bonds. The molecule has 4 heteroatoms. The van der Waals surface area contributed by atoms with Crippen LogP contribution in [0.3, 0.4) is 0 Å². The number of alkyl halides is 2. The van der Waals surface area contributed by atoms with Crippen molar-refractivity contribution in [3.05, 3.63) is 29.8 Å². The molecule has 0 spiro atoms. The first-order chi connectivity index (χ1) is 9.61. The van der Waals surface area contributed by atoms with E-state index in [1.165, 1.54) is 18.6 Å². The minimum atomic E-state index is -2.83. The highest BCUT2D eigenvalue weighted by molar-refractivity contribution is 5.98. The molecule has 0 aromatic heterocycles. The smallest absolute Gasteiger partial charge is 0.387 e. The first-order valence-electron chi connectivity index (χ1n) is 7.21. The van der Waals surface area contributed by atoms with Crippen LogP contribution < -0.4 is 4.74 Å². The number of carbonyl (C=O) groups is 1. The van der Waals surface area contributed by atoms with Gasteiger partial charge >= 0.3 is 6.61 Å². The number of ketones is 1. The average molecular weight is 282 g/mol. The molecule has 2 atom stereocenters. The van der Waals surface area contributed by atoms with Gasteiger partial charge in [0.1, 0.15) is 5.75 Å². The largest absolute Gasteiger partial charge is 0.435 e. The minimum absolute atomic E-state index is 0.0793. The van der Waals surface area contributed by atoms with Crippen LogP contribution in [0, 0.1) is 11.8 Å². The van der Waals surface area contributed by atoms with Gasteiger partial charge in [0.2, 0.25) is 0 Å². The predicted octanol–water partition coefficient (Wildman–Crippen LogP) is 4.69. The van der Waals surface area contributed by atoms with E-state index in [0.29, 0.717) is 11.5 Å². The number of rotatable bonds is 5. The maximum Gasteiger partial charge on any atom is 0.387 e. The zero-order valence-corrected chi connectivity index (χ0v) is 11.6. The molecule has 1 aliphatic carbocycles. The number of carbonyl (C=O) groups excluding carboxylic acids is 1. The number of Topliss-reactive ketones (excluding diaryl/α,β-unsaturated/α-hetero) is 1. The Bertz CT molecular complexity index is 442. The lowest BCUT2D eigenvalue weighted by Crippen LogP contribution is -2.26. The van der Waals surface area contributed by atoms with Gasteiger partial charge in [-0.05, 0) is 43.0 Å². The summed E-state index contributed by atoms with van der Waals surface area (Å²) in [5.41, 5.74) is 0.594. The minimum Gasteiger partial charge on any atom is -0.435 e. The lowest BCUT2D eigenvalue weighted by molar-refractivity contribution is -0.0498. The maximum absolute atomic E-state index is 12.5. The number of ether oxygens (including phenoxy) is 1. The molecule has 0 heterocycles. The molecule has 1 saturated carbocycles. The highest BCUT2D eigenvalue weighted by atomic mass is 19.3. The Morgan fingerprint density at radius 1 is 1.25 bits per heavy atom. The van der Waals surface area contributed by atoms with Crippen LogP contribution >= 0.6 is 0 Å². The monoisotopic (exact) mass is 282 g/mol. The molecule has 0 saturated heterocycles. The van der Waals surface area contributed by atoms with Gasteiger partial charge in [0, 0.05) is 11.5 Å². The van der Waals surface area contributed by atoms with E-state index in [-0.39, 0.29) is 17.5 Å². The molecule has 0 aliphatic heterocycles. The third-order valence-corrected chi connectivity index (χ3v) is 4.13.